The van der Waals surface area contributed by atoms with E-state index >= 15 is 4.39 Å². The summed E-state index contributed by atoms with van der Waals surface area (Å²) in [6, 6.07) is 20.3. The summed E-state index contributed by atoms with van der Waals surface area (Å²) in [5.74, 6) is -1.37. The van der Waals surface area contributed by atoms with E-state index in [4.69, 9.17) is 4.74 Å². The van der Waals surface area contributed by atoms with Crippen LogP contribution < -0.4 is 15.4 Å². The molecule has 0 radical (unpaired) electrons. The maximum atomic E-state index is 15.6. The molecule has 3 N–H and O–H groups in total. The summed E-state index contributed by atoms with van der Waals surface area (Å²) in [6.45, 7) is 10.6. The number of carbonyl (C=O) groups excluding carboxylic acids is 2. The van der Waals surface area contributed by atoms with Gasteiger partial charge in [-0.15, -0.1) is 4.72 Å². The van der Waals surface area contributed by atoms with Gasteiger partial charge in [-0.1, -0.05) is 61.4 Å². The van der Waals surface area contributed by atoms with E-state index in [1.54, 1.807) is 39.0 Å². The summed E-state index contributed by atoms with van der Waals surface area (Å²) in [5.41, 5.74) is -2.01. The van der Waals surface area contributed by atoms with Crippen molar-refractivity contribution in [3.63, 3.8) is 0 Å². The molecule has 4 aromatic rings. The van der Waals surface area contributed by atoms with Crippen LogP contribution in [0.4, 0.5) is 28.0 Å². The highest BCUT2D eigenvalue weighted by Crippen LogP contribution is 2.43. The molecule has 1 fully saturated rings. The number of hydrogen-bond acceptors (Lipinski definition) is 6. The summed E-state index contributed by atoms with van der Waals surface area (Å²) in [6.07, 6.45) is -2.11. The Bertz CT molecular complexity index is 1920. The molecule has 3 aromatic carbocycles. The molecule has 2 amide bonds. The van der Waals surface area contributed by atoms with Gasteiger partial charge in [-0.2, -0.15) is 18.3 Å². The molecule has 2 unspecified atom stereocenters. The van der Waals surface area contributed by atoms with Gasteiger partial charge in [-0.05, 0) is 101 Å². The SMILES string of the molecule is CC(C)(C)OC(=O)NCc1cccc(-n2nc(C(F)(F)F)cc2C(=O)Nc2cc(C(CCC3CC3)(N[S+]([O-])C(C)(C)C)c3ccccc3)ccc2F)c1. The lowest BCUT2D eigenvalue weighted by Gasteiger charge is -2.39. The molecule has 2 atom stereocenters. The van der Waals surface area contributed by atoms with Gasteiger partial charge in [0.1, 0.15) is 27.4 Å². The lowest BCUT2D eigenvalue weighted by Crippen LogP contribution is -2.52. The minimum atomic E-state index is -4.90. The number of anilines is 1. The Morgan fingerprint density at radius 2 is 1.62 bits per heavy atom. The summed E-state index contributed by atoms with van der Waals surface area (Å²) >= 11 is -1.58. The zero-order chi connectivity index (χ0) is 38.8. The molecule has 0 aliphatic heterocycles. The van der Waals surface area contributed by atoms with Gasteiger partial charge in [0.2, 0.25) is 0 Å². The highest BCUT2D eigenvalue weighted by molar-refractivity contribution is 7.90. The molecular weight excluding hydrogens is 711 g/mol. The molecule has 1 aliphatic carbocycles. The molecule has 0 saturated heterocycles. The average Bonchev–Trinajstić information content (AvgIpc) is 3.79. The molecule has 1 aromatic heterocycles. The second kappa shape index (κ2) is 15.5. The molecule has 53 heavy (non-hydrogen) atoms. The molecule has 1 saturated carbocycles. The predicted octanol–water partition coefficient (Wildman–Crippen LogP) is 8.79. The second-order valence-corrected chi connectivity index (χ2v) is 17.2. The van der Waals surface area contributed by atoms with E-state index in [0.29, 0.717) is 29.5 Å². The van der Waals surface area contributed by atoms with E-state index in [0.717, 1.165) is 29.5 Å². The lowest BCUT2D eigenvalue weighted by molar-refractivity contribution is -0.141. The van der Waals surface area contributed by atoms with Gasteiger partial charge >= 0.3 is 12.3 Å². The third kappa shape index (κ3) is 10.2. The minimum Gasteiger partial charge on any atom is -0.598 e. The maximum absolute atomic E-state index is 15.6. The Morgan fingerprint density at radius 1 is 0.925 bits per heavy atom. The predicted molar refractivity (Wildman–Crippen MR) is 196 cm³/mol. The van der Waals surface area contributed by atoms with Gasteiger partial charge in [0.15, 0.2) is 5.69 Å². The first kappa shape index (κ1) is 39.8. The van der Waals surface area contributed by atoms with Gasteiger partial charge < -0.3 is 19.9 Å². The van der Waals surface area contributed by atoms with Crippen molar-refractivity contribution in [2.75, 3.05) is 5.32 Å². The number of hydrogen-bond donors (Lipinski definition) is 3. The Morgan fingerprint density at radius 3 is 2.25 bits per heavy atom. The highest BCUT2D eigenvalue weighted by atomic mass is 32.2. The number of benzene rings is 3. The van der Waals surface area contributed by atoms with Crippen molar-refractivity contribution in [1.29, 1.82) is 0 Å². The second-order valence-electron chi connectivity index (χ2n) is 15.2. The van der Waals surface area contributed by atoms with E-state index in [9.17, 15) is 27.3 Å². The fourth-order valence-corrected chi connectivity index (χ4v) is 6.68. The van der Waals surface area contributed by atoms with Gasteiger partial charge in [-0.25, -0.2) is 13.9 Å². The van der Waals surface area contributed by atoms with Crippen LogP contribution in [-0.2, 0) is 34.4 Å². The molecule has 284 valence electrons. The summed E-state index contributed by atoms with van der Waals surface area (Å²) < 4.78 is 80.1. The fourth-order valence-electron chi connectivity index (χ4n) is 5.72. The number of nitrogens with one attached hydrogen (secondary N) is 3. The summed E-state index contributed by atoms with van der Waals surface area (Å²) in [5, 5.41) is 8.78. The number of alkyl carbamates (subject to hydrolysis) is 1. The van der Waals surface area contributed by atoms with Crippen LogP contribution in [0.15, 0.2) is 78.9 Å². The molecular formula is C39H45F4N5O4S. The van der Waals surface area contributed by atoms with Crippen LogP contribution in [0, 0.1) is 11.7 Å². The Labute approximate surface area is 310 Å². The summed E-state index contributed by atoms with van der Waals surface area (Å²) in [4.78, 5) is 26.1. The molecule has 5 rings (SSSR count). The van der Waals surface area contributed by atoms with E-state index in [-0.39, 0.29) is 17.9 Å². The van der Waals surface area contributed by atoms with Crippen LogP contribution in [0.3, 0.4) is 0 Å². The number of nitrogens with zero attached hydrogens (tertiary/aromatic N) is 2. The highest BCUT2D eigenvalue weighted by Gasteiger charge is 2.43. The fraction of sp³-hybridized carbons (Fsp3) is 0.410. The van der Waals surface area contributed by atoms with Crippen molar-refractivity contribution >= 4 is 29.0 Å². The van der Waals surface area contributed by atoms with Crippen molar-refractivity contribution in [1.82, 2.24) is 19.8 Å². The topological polar surface area (TPSA) is 120 Å². The smallest absolute Gasteiger partial charge is 0.435 e. The maximum Gasteiger partial charge on any atom is 0.435 e. The van der Waals surface area contributed by atoms with Crippen LogP contribution in [0.2, 0.25) is 0 Å². The number of ether oxygens (including phenoxy) is 1. The van der Waals surface area contributed by atoms with Crippen LogP contribution in [-0.4, -0.2) is 36.7 Å². The number of alkyl halides is 3. The van der Waals surface area contributed by atoms with E-state index in [1.165, 1.54) is 24.3 Å². The number of rotatable bonds is 12. The van der Waals surface area contributed by atoms with Gasteiger partial charge in [0, 0.05) is 24.0 Å². The number of amides is 2. The first-order valence-corrected chi connectivity index (χ1v) is 18.5. The largest absolute Gasteiger partial charge is 0.598 e. The third-order valence-electron chi connectivity index (χ3n) is 8.64. The number of aromatic nitrogens is 2. The number of halogens is 4. The van der Waals surface area contributed by atoms with E-state index < -0.39 is 62.6 Å². The lowest BCUT2D eigenvalue weighted by atomic mass is 9.79. The van der Waals surface area contributed by atoms with Gasteiger partial charge in [-0.3, -0.25) is 4.79 Å². The number of carbonyl (C=O) groups is 2. The molecule has 0 spiro atoms. The van der Waals surface area contributed by atoms with E-state index in [1.807, 2.05) is 51.1 Å². The monoisotopic (exact) mass is 755 g/mol. The first-order valence-electron chi connectivity index (χ1n) is 17.4. The molecule has 0 bridgehead atoms. The van der Waals surface area contributed by atoms with Crippen LogP contribution in [0.25, 0.3) is 5.69 Å². The van der Waals surface area contributed by atoms with Gasteiger partial charge in [0.05, 0.1) is 11.4 Å². The third-order valence-corrected chi connectivity index (χ3v) is 10.3. The first-order chi connectivity index (χ1) is 24.7. The minimum absolute atomic E-state index is 0.0202. The quantitative estimate of drug-likeness (QED) is 0.0983. The van der Waals surface area contributed by atoms with Crippen LogP contribution in [0.1, 0.15) is 100 Å². The van der Waals surface area contributed by atoms with Crippen molar-refractivity contribution in [3.8, 4) is 5.69 Å². The average molecular weight is 756 g/mol. The van der Waals surface area contributed by atoms with Crippen molar-refractivity contribution in [2.24, 2.45) is 5.92 Å². The van der Waals surface area contributed by atoms with Crippen molar-refractivity contribution in [2.45, 2.75) is 95.8 Å². The molecule has 14 heteroatoms. The van der Waals surface area contributed by atoms with Gasteiger partial charge in [0.25, 0.3) is 5.91 Å². The normalized spacial score (nSPS) is 15.4. The van der Waals surface area contributed by atoms with Crippen molar-refractivity contribution in [3.05, 3.63) is 113 Å². The Balaban J connectivity index is 1.52. The van der Waals surface area contributed by atoms with Crippen LogP contribution >= 0.6 is 0 Å². The van der Waals surface area contributed by atoms with E-state index in [2.05, 4.69) is 20.5 Å². The zero-order valence-corrected chi connectivity index (χ0v) is 31.4. The Hall–Kier alpha value is -4.40. The van der Waals surface area contributed by atoms with Crippen molar-refractivity contribution < 1.29 is 36.4 Å². The standard InChI is InChI=1S/C39H45F4N5O4S/c1-36(2,3)52-35(50)44-24-26-11-10-14-29(21-26)48-32(23-33(46-48)39(41,42)43)34(49)45-31-22-28(17-18-30(31)40)38(20-19-25-15-16-25,27-12-8-7-9-13-27)47-53(51)37(4,5)6/h7-14,17-18,21-23,25,47H,15-16,19-20,24H2,1-6H3,(H,44,50)(H,45,49). The van der Waals surface area contributed by atoms with Crippen LogP contribution in [0.5, 0.6) is 0 Å². The summed E-state index contributed by atoms with van der Waals surface area (Å²) in [7, 11) is 0. The molecule has 1 aliphatic rings. The molecule has 1 heterocycles. The molecule has 9 nitrogen and oxygen atoms in total. The zero-order valence-electron chi connectivity index (χ0n) is 30.6. The Kier molecular flexibility index (Phi) is 11.7.